The smallest absolute Gasteiger partial charge is 0.342 e. The van der Waals surface area contributed by atoms with Crippen LogP contribution < -0.4 is 9.47 Å². The van der Waals surface area contributed by atoms with Gasteiger partial charge < -0.3 is 24.5 Å². The Labute approximate surface area is 185 Å². The fourth-order valence-corrected chi connectivity index (χ4v) is 3.97. The normalized spacial score (nSPS) is 16.7. The van der Waals surface area contributed by atoms with Crippen molar-refractivity contribution in [3.63, 3.8) is 0 Å². The number of unbranched alkanes of at least 4 members (excludes halogenated alkanes) is 6. The summed E-state index contributed by atoms with van der Waals surface area (Å²) in [5.41, 5.74) is 2.16. The van der Waals surface area contributed by atoms with E-state index in [4.69, 9.17) is 19.4 Å². The van der Waals surface area contributed by atoms with Crippen molar-refractivity contribution in [3.05, 3.63) is 23.3 Å². The predicted molar refractivity (Wildman–Crippen MR) is 119 cm³/mol. The van der Waals surface area contributed by atoms with Crippen LogP contribution in [-0.4, -0.2) is 42.3 Å². The Morgan fingerprint density at radius 3 is 2.35 bits per heavy atom. The summed E-state index contributed by atoms with van der Waals surface area (Å²) in [5, 5.41) is 21.7. The molecule has 1 aromatic carbocycles. The molecule has 2 unspecified atom stereocenters. The average molecular weight is 436 g/mol. The van der Waals surface area contributed by atoms with Crippen LogP contribution in [0.1, 0.15) is 99.6 Å². The maximum Gasteiger partial charge on any atom is 0.342 e. The first-order chi connectivity index (χ1) is 15.0. The number of rotatable bonds is 15. The maximum atomic E-state index is 12.3. The number of hydrogen-bond donors (Lipinski definition) is 2. The van der Waals surface area contributed by atoms with Crippen LogP contribution in [0.2, 0.25) is 0 Å². The summed E-state index contributed by atoms with van der Waals surface area (Å²) in [4.78, 5) is 12.3. The molecule has 0 saturated heterocycles. The predicted octanol–water partition coefficient (Wildman–Crippen LogP) is 5.42. The number of benzene rings is 1. The minimum absolute atomic E-state index is 0.232. The van der Waals surface area contributed by atoms with E-state index in [0.717, 1.165) is 62.6 Å². The molecule has 2 N–H and O–H groups in total. The van der Waals surface area contributed by atoms with E-state index in [1.807, 2.05) is 6.07 Å². The lowest BCUT2D eigenvalue weighted by molar-refractivity contribution is 0.0361. The van der Waals surface area contributed by atoms with Crippen LogP contribution in [0.15, 0.2) is 17.3 Å². The number of fused-ring (bicyclic) bond motifs is 1. The third-order valence-corrected chi connectivity index (χ3v) is 5.79. The molecule has 1 aliphatic heterocycles. The number of ether oxygens (including phenoxy) is 3. The second-order valence-corrected chi connectivity index (χ2v) is 8.26. The summed E-state index contributed by atoms with van der Waals surface area (Å²) in [6.45, 7) is 1.75. The average Bonchev–Trinajstić information content (AvgIpc) is 3.09. The highest BCUT2D eigenvalue weighted by molar-refractivity contribution is 5.97. The van der Waals surface area contributed by atoms with Gasteiger partial charge in [0.25, 0.3) is 0 Å². The molecule has 0 radical (unpaired) electrons. The summed E-state index contributed by atoms with van der Waals surface area (Å²) in [6.07, 6.45) is 9.99. The molecule has 0 aromatic heterocycles. The zero-order valence-corrected chi connectivity index (χ0v) is 19.1. The third kappa shape index (κ3) is 7.73. The van der Waals surface area contributed by atoms with Gasteiger partial charge >= 0.3 is 5.97 Å². The van der Waals surface area contributed by atoms with Gasteiger partial charge in [0, 0.05) is 11.6 Å². The van der Waals surface area contributed by atoms with Crippen molar-refractivity contribution in [3.8, 4) is 11.5 Å². The van der Waals surface area contributed by atoms with Gasteiger partial charge in [-0.1, -0.05) is 37.3 Å². The summed E-state index contributed by atoms with van der Waals surface area (Å²) < 4.78 is 16.2. The quantitative estimate of drug-likeness (QED) is 0.126. The minimum Gasteiger partial charge on any atom is -0.497 e. The van der Waals surface area contributed by atoms with Gasteiger partial charge in [0.2, 0.25) is 0 Å². The zero-order valence-electron chi connectivity index (χ0n) is 19.1. The van der Waals surface area contributed by atoms with Crippen LogP contribution >= 0.6 is 0 Å². The molecule has 31 heavy (non-hydrogen) atoms. The maximum absolute atomic E-state index is 12.3. The molecule has 174 valence electrons. The fraction of sp³-hybridized carbons (Fsp3) is 0.667. The fourth-order valence-electron chi connectivity index (χ4n) is 3.97. The van der Waals surface area contributed by atoms with E-state index in [-0.39, 0.29) is 18.2 Å². The molecule has 0 amide bonds. The number of methoxy groups -OCH3 is 2. The molecule has 7 nitrogen and oxygen atoms in total. The van der Waals surface area contributed by atoms with Crippen molar-refractivity contribution in [1.29, 1.82) is 0 Å². The SMILES string of the molecule is COc1cc(OC)c2c(c1)C(CCCCCCCCCC(CCC(C)O)=NO)OC2=O. The van der Waals surface area contributed by atoms with Crippen molar-refractivity contribution in [2.75, 3.05) is 14.2 Å². The molecule has 0 aliphatic carbocycles. The molecule has 7 heteroatoms. The Morgan fingerprint density at radius 2 is 1.74 bits per heavy atom. The van der Waals surface area contributed by atoms with Gasteiger partial charge in [-0.05, 0) is 51.5 Å². The number of carbonyl (C=O) groups is 1. The van der Waals surface area contributed by atoms with E-state index in [1.54, 1.807) is 27.2 Å². The Bertz CT molecular complexity index is 731. The van der Waals surface area contributed by atoms with E-state index < -0.39 is 0 Å². The Balaban J connectivity index is 1.63. The van der Waals surface area contributed by atoms with Crippen LogP contribution in [0, 0.1) is 0 Å². The third-order valence-electron chi connectivity index (χ3n) is 5.79. The number of cyclic esters (lactones) is 1. The van der Waals surface area contributed by atoms with Crippen molar-refractivity contribution < 1.29 is 29.3 Å². The molecule has 2 rings (SSSR count). The first-order valence-electron chi connectivity index (χ1n) is 11.3. The van der Waals surface area contributed by atoms with Gasteiger partial charge in [0.15, 0.2) is 0 Å². The van der Waals surface area contributed by atoms with Gasteiger partial charge in [-0.15, -0.1) is 0 Å². The van der Waals surface area contributed by atoms with Gasteiger partial charge in [-0.25, -0.2) is 4.79 Å². The van der Waals surface area contributed by atoms with Crippen LogP contribution in [0.4, 0.5) is 0 Å². The molecule has 1 aromatic rings. The molecule has 0 bridgehead atoms. The molecule has 1 heterocycles. The van der Waals surface area contributed by atoms with Crippen molar-refractivity contribution in [2.24, 2.45) is 5.16 Å². The highest BCUT2D eigenvalue weighted by atomic mass is 16.6. The number of nitrogens with zero attached hydrogens (tertiary/aromatic N) is 1. The monoisotopic (exact) mass is 435 g/mol. The van der Waals surface area contributed by atoms with E-state index in [2.05, 4.69) is 5.16 Å². The molecule has 2 atom stereocenters. The number of carbonyl (C=O) groups excluding carboxylic acids is 1. The highest BCUT2D eigenvalue weighted by Crippen LogP contribution is 2.41. The van der Waals surface area contributed by atoms with E-state index in [9.17, 15) is 9.90 Å². The van der Waals surface area contributed by atoms with Crippen LogP contribution in [0.25, 0.3) is 0 Å². The van der Waals surface area contributed by atoms with Crippen LogP contribution in [-0.2, 0) is 4.74 Å². The van der Waals surface area contributed by atoms with E-state index in [0.29, 0.717) is 29.9 Å². The summed E-state index contributed by atoms with van der Waals surface area (Å²) in [7, 11) is 3.14. The van der Waals surface area contributed by atoms with E-state index >= 15 is 0 Å². The summed E-state index contributed by atoms with van der Waals surface area (Å²) >= 11 is 0. The Kier molecular flexibility index (Phi) is 10.6. The van der Waals surface area contributed by atoms with Gasteiger partial charge in [0.1, 0.15) is 23.2 Å². The number of oxime groups is 1. The van der Waals surface area contributed by atoms with E-state index in [1.165, 1.54) is 6.42 Å². The lowest BCUT2D eigenvalue weighted by atomic mass is 9.98. The zero-order chi connectivity index (χ0) is 22.6. The lowest BCUT2D eigenvalue weighted by Gasteiger charge is -2.12. The summed E-state index contributed by atoms with van der Waals surface area (Å²) in [5.74, 6) is 0.847. The van der Waals surface area contributed by atoms with Crippen molar-refractivity contribution >= 4 is 11.7 Å². The second kappa shape index (κ2) is 13.2. The van der Waals surface area contributed by atoms with Crippen LogP contribution in [0.3, 0.4) is 0 Å². The topological polar surface area (TPSA) is 97.6 Å². The number of aliphatic hydroxyl groups is 1. The molecule has 0 saturated carbocycles. The molecule has 0 spiro atoms. The number of aliphatic hydroxyl groups excluding tert-OH is 1. The second-order valence-electron chi connectivity index (χ2n) is 8.26. The number of hydrogen-bond acceptors (Lipinski definition) is 7. The van der Waals surface area contributed by atoms with Gasteiger partial charge in [-0.2, -0.15) is 0 Å². The molecular formula is C24H37NO6. The first-order valence-corrected chi connectivity index (χ1v) is 11.3. The molecular weight excluding hydrogens is 398 g/mol. The van der Waals surface area contributed by atoms with Gasteiger partial charge in [0.05, 0.1) is 26.0 Å². The van der Waals surface area contributed by atoms with Crippen molar-refractivity contribution in [2.45, 2.75) is 89.8 Å². The standard InChI is InChI=1S/C24H37NO6/c1-17(26)13-14-18(25-28)11-9-7-5-4-6-8-10-12-21-20-15-19(29-2)16-22(30-3)23(20)24(27)31-21/h15-17,21,26,28H,4-14H2,1-3H3. The Morgan fingerprint density at radius 1 is 1.06 bits per heavy atom. The van der Waals surface area contributed by atoms with Crippen molar-refractivity contribution in [1.82, 2.24) is 0 Å². The molecule has 0 fully saturated rings. The largest absolute Gasteiger partial charge is 0.497 e. The lowest BCUT2D eigenvalue weighted by Crippen LogP contribution is -2.05. The molecule has 1 aliphatic rings. The first kappa shape index (κ1) is 25.0. The summed E-state index contributed by atoms with van der Waals surface area (Å²) in [6, 6.07) is 3.59. The Hall–Kier alpha value is -2.28. The number of esters is 1. The highest BCUT2D eigenvalue weighted by Gasteiger charge is 2.34. The van der Waals surface area contributed by atoms with Gasteiger partial charge in [-0.3, -0.25) is 0 Å². The minimum atomic E-state index is -0.359. The van der Waals surface area contributed by atoms with Crippen LogP contribution in [0.5, 0.6) is 11.5 Å².